The Morgan fingerprint density at radius 2 is 1.87 bits per heavy atom. The summed E-state index contributed by atoms with van der Waals surface area (Å²) in [6.45, 7) is 3.31. The highest BCUT2D eigenvalue weighted by Crippen LogP contribution is 2.43. The number of ketones is 1. The van der Waals surface area contributed by atoms with Gasteiger partial charge < -0.3 is 14.3 Å². The lowest BCUT2D eigenvalue weighted by molar-refractivity contribution is -0.117. The molecule has 8 nitrogen and oxygen atoms in total. The number of amides is 1. The topological polar surface area (TPSA) is 110 Å². The summed E-state index contributed by atoms with van der Waals surface area (Å²) >= 11 is 0.954. The van der Waals surface area contributed by atoms with Gasteiger partial charge in [0.2, 0.25) is 5.78 Å². The van der Waals surface area contributed by atoms with Crippen LogP contribution in [0.2, 0.25) is 0 Å². The quantitative estimate of drug-likeness (QED) is 0.475. The van der Waals surface area contributed by atoms with Gasteiger partial charge in [0.25, 0.3) is 5.91 Å². The first-order valence-corrected chi connectivity index (χ1v) is 10.1. The number of benzene rings is 1. The van der Waals surface area contributed by atoms with Crippen LogP contribution < -0.4 is 4.90 Å². The van der Waals surface area contributed by atoms with E-state index in [0.717, 1.165) is 11.3 Å². The van der Waals surface area contributed by atoms with Gasteiger partial charge in [0.05, 0.1) is 24.4 Å². The van der Waals surface area contributed by atoms with Crippen molar-refractivity contribution in [2.24, 2.45) is 0 Å². The Hall–Kier alpha value is -3.72. The van der Waals surface area contributed by atoms with Gasteiger partial charge in [0, 0.05) is 0 Å². The fourth-order valence-corrected chi connectivity index (χ4v) is 4.45. The second-order valence-corrected chi connectivity index (χ2v) is 7.87. The van der Waals surface area contributed by atoms with Crippen molar-refractivity contribution in [1.29, 1.82) is 0 Å². The smallest absolute Gasteiger partial charge is 0.350 e. The van der Waals surface area contributed by atoms with E-state index in [1.54, 1.807) is 50.2 Å². The zero-order valence-electron chi connectivity index (χ0n) is 16.9. The van der Waals surface area contributed by atoms with Crippen molar-refractivity contribution in [3.8, 4) is 0 Å². The van der Waals surface area contributed by atoms with E-state index in [-0.39, 0.29) is 21.3 Å². The van der Waals surface area contributed by atoms with Gasteiger partial charge in [-0.3, -0.25) is 14.5 Å². The van der Waals surface area contributed by atoms with E-state index in [4.69, 9.17) is 9.15 Å². The predicted molar refractivity (Wildman–Crippen MR) is 112 cm³/mol. The number of aliphatic hydroxyl groups is 1. The zero-order valence-corrected chi connectivity index (χ0v) is 17.7. The number of nitrogens with zero attached hydrogens (tertiary/aromatic N) is 2. The molecule has 2 aromatic heterocycles. The molecule has 0 radical (unpaired) electrons. The van der Waals surface area contributed by atoms with Crippen LogP contribution in [0.4, 0.5) is 5.13 Å². The molecule has 4 rings (SSSR count). The number of aromatic nitrogens is 1. The molecule has 3 heterocycles. The average molecular weight is 438 g/mol. The molecule has 9 heteroatoms. The summed E-state index contributed by atoms with van der Waals surface area (Å²) in [5.74, 6) is -2.11. The number of carbonyl (C=O) groups is 3. The van der Waals surface area contributed by atoms with Crippen LogP contribution in [0.15, 0.2) is 58.2 Å². The second-order valence-electron chi connectivity index (χ2n) is 6.89. The summed E-state index contributed by atoms with van der Waals surface area (Å²) in [6.07, 6.45) is 0. The summed E-state index contributed by atoms with van der Waals surface area (Å²) in [5, 5.41) is 10.9. The van der Waals surface area contributed by atoms with Crippen LogP contribution in [0.5, 0.6) is 0 Å². The number of methoxy groups -OCH3 is 1. The number of esters is 1. The number of ether oxygens (including phenoxy) is 1. The molecule has 1 aliphatic rings. The van der Waals surface area contributed by atoms with E-state index in [0.29, 0.717) is 17.0 Å². The molecule has 1 amide bonds. The molecule has 3 aromatic rings. The van der Waals surface area contributed by atoms with Crippen molar-refractivity contribution >= 4 is 34.1 Å². The minimum absolute atomic E-state index is 0.0141. The number of rotatable bonds is 5. The van der Waals surface area contributed by atoms with Gasteiger partial charge in [-0.05, 0) is 31.5 Å². The maximum absolute atomic E-state index is 13.2. The highest BCUT2D eigenvalue weighted by molar-refractivity contribution is 7.17. The lowest BCUT2D eigenvalue weighted by Gasteiger charge is -2.24. The minimum atomic E-state index is -0.942. The van der Waals surface area contributed by atoms with E-state index >= 15 is 0 Å². The van der Waals surface area contributed by atoms with Gasteiger partial charge in [-0.25, -0.2) is 9.78 Å². The molecule has 0 fully saturated rings. The number of aryl methyl sites for hydroxylation is 2. The number of thiazole rings is 1. The maximum Gasteiger partial charge on any atom is 0.350 e. The van der Waals surface area contributed by atoms with Crippen LogP contribution in [0, 0.1) is 13.8 Å². The molecular formula is C22H18N2O6S. The Balaban J connectivity index is 1.86. The molecule has 1 aliphatic heterocycles. The van der Waals surface area contributed by atoms with Crippen molar-refractivity contribution in [1.82, 2.24) is 4.98 Å². The minimum Gasteiger partial charge on any atom is -0.503 e. The number of furan rings is 1. The number of hydrogen-bond acceptors (Lipinski definition) is 8. The molecule has 1 unspecified atom stereocenters. The van der Waals surface area contributed by atoms with Crippen LogP contribution in [0.1, 0.15) is 43.3 Å². The summed E-state index contributed by atoms with van der Waals surface area (Å²) < 4.78 is 10.2. The van der Waals surface area contributed by atoms with Gasteiger partial charge in [-0.2, -0.15) is 0 Å². The molecule has 31 heavy (non-hydrogen) atoms. The highest BCUT2D eigenvalue weighted by atomic mass is 32.1. The van der Waals surface area contributed by atoms with Gasteiger partial charge in [0.15, 0.2) is 16.7 Å². The maximum atomic E-state index is 13.2. The summed E-state index contributed by atoms with van der Waals surface area (Å²) in [6, 6.07) is 11.0. The molecule has 0 spiro atoms. The molecule has 1 atom stereocenters. The van der Waals surface area contributed by atoms with Crippen LogP contribution in [-0.4, -0.2) is 34.9 Å². The number of aliphatic hydroxyl groups excluding tert-OH is 1. The Labute approximate surface area is 181 Å². The SMILES string of the molecule is COC(=O)c1sc(N2C(=O)C(O)=C(C(=O)c3ccc(C)o3)C2c2ccccc2)nc1C. The van der Waals surface area contributed by atoms with Gasteiger partial charge >= 0.3 is 5.97 Å². The summed E-state index contributed by atoms with van der Waals surface area (Å²) in [5.41, 5.74) is 0.865. The van der Waals surface area contributed by atoms with E-state index < -0.39 is 29.5 Å². The van der Waals surface area contributed by atoms with Gasteiger partial charge in [-0.15, -0.1) is 0 Å². The van der Waals surface area contributed by atoms with Crippen molar-refractivity contribution in [2.45, 2.75) is 19.9 Å². The number of Topliss-reactive ketones (excluding diaryl/α,β-unsaturated/α-hetero) is 1. The van der Waals surface area contributed by atoms with Crippen molar-refractivity contribution < 1.29 is 28.6 Å². The fraction of sp³-hybridized carbons (Fsp3) is 0.182. The van der Waals surface area contributed by atoms with Crippen LogP contribution in [0.25, 0.3) is 0 Å². The van der Waals surface area contributed by atoms with E-state index in [1.807, 2.05) is 0 Å². The third kappa shape index (κ3) is 3.42. The van der Waals surface area contributed by atoms with Gasteiger partial charge in [0.1, 0.15) is 10.6 Å². The molecule has 1 aromatic carbocycles. The molecule has 1 N–H and O–H groups in total. The normalized spacial score (nSPS) is 16.2. The molecule has 0 saturated carbocycles. The van der Waals surface area contributed by atoms with Crippen molar-refractivity contribution in [3.63, 3.8) is 0 Å². The zero-order chi connectivity index (χ0) is 22.3. The summed E-state index contributed by atoms with van der Waals surface area (Å²) in [4.78, 5) is 44.1. The first-order chi connectivity index (χ1) is 14.8. The monoisotopic (exact) mass is 438 g/mol. The Kier molecular flexibility index (Phi) is 5.20. The number of carbonyl (C=O) groups excluding carboxylic acids is 3. The molecule has 0 aliphatic carbocycles. The second kappa shape index (κ2) is 7.84. The first kappa shape index (κ1) is 20.5. The van der Waals surface area contributed by atoms with Crippen LogP contribution in [0.3, 0.4) is 0 Å². The summed E-state index contributed by atoms with van der Waals surface area (Å²) in [7, 11) is 1.25. The molecular weight excluding hydrogens is 420 g/mol. The predicted octanol–water partition coefficient (Wildman–Crippen LogP) is 3.92. The third-order valence-corrected chi connectivity index (χ3v) is 6.03. The van der Waals surface area contributed by atoms with E-state index in [1.165, 1.54) is 18.1 Å². The lowest BCUT2D eigenvalue weighted by Crippen LogP contribution is -2.31. The highest BCUT2D eigenvalue weighted by Gasteiger charge is 2.46. The first-order valence-electron chi connectivity index (χ1n) is 9.32. The largest absolute Gasteiger partial charge is 0.503 e. The number of hydrogen-bond donors (Lipinski definition) is 1. The Morgan fingerprint density at radius 3 is 2.48 bits per heavy atom. The third-order valence-electron chi connectivity index (χ3n) is 4.89. The Bertz CT molecular complexity index is 1220. The standard InChI is InChI=1S/C22H18N2O6S/c1-11-9-10-14(30-11)17(25)15-16(13-7-5-4-6-8-13)24(20(27)18(15)26)22-23-12(2)19(31-22)21(28)29-3/h4-10,16,26H,1-3H3. The molecule has 0 saturated heterocycles. The molecule has 158 valence electrons. The van der Waals surface area contributed by atoms with Gasteiger partial charge in [-0.1, -0.05) is 41.7 Å². The lowest BCUT2D eigenvalue weighted by atomic mass is 9.95. The fourth-order valence-electron chi connectivity index (χ4n) is 3.44. The van der Waals surface area contributed by atoms with Crippen molar-refractivity contribution in [2.75, 3.05) is 12.0 Å². The van der Waals surface area contributed by atoms with Crippen LogP contribution >= 0.6 is 11.3 Å². The average Bonchev–Trinajstić information content (AvgIpc) is 3.44. The Morgan fingerprint density at radius 1 is 1.16 bits per heavy atom. The van der Waals surface area contributed by atoms with Crippen LogP contribution in [-0.2, 0) is 9.53 Å². The van der Waals surface area contributed by atoms with Crippen molar-refractivity contribution in [3.05, 3.63) is 81.5 Å². The van der Waals surface area contributed by atoms with E-state index in [9.17, 15) is 19.5 Å². The van der Waals surface area contributed by atoms with E-state index in [2.05, 4.69) is 4.98 Å². The molecule has 0 bridgehead atoms. The number of anilines is 1.